The summed E-state index contributed by atoms with van der Waals surface area (Å²) in [5, 5.41) is 0.581. The summed E-state index contributed by atoms with van der Waals surface area (Å²) < 4.78 is 18.2. The molecule has 0 aliphatic rings. The minimum Gasteiger partial charge on any atom is -0.493 e. The lowest BCUT2D eigenvalue weighted by molar-refractivity contribution is 0.257. The number of halogens is 1. The van der Waals surface area contributed by atoms with E-state index in [0.29, 0.717) is 40.5 Å². The summed E-state index contributed by atoms with van der Waals surface area (Å²) in [6, 6.07) is 12.0. The Labute approximate surface area is 168 Å². The van der Waals surface area contributed by atoms with Gasteiger partial charge >= 0.3 is 5.56 Å². The number of methoxy groups -OCH3 is 1. The number of rotatable bonds is 7. The summed E-state index contributed by atoms with van der Waals surface area (Å²) in [5.41, 5.74) is 0.220. The molecule has 0 bridgehead atoms. The normalized spacial score (nSPS) is 10.8. The first kappa shape index (κ1) is 19.8. The van der Waals surface area contributed by atoms with Gasteiger partial charge in [0.15, 0.2) is 11.5 Å². The Balaban J connectivity index is 1.91. The van der Waals surface area contributed by atoms with E-state index in [4.69, 9.17) is 25.8 Å². The Bertz CT molecular complexity index is 1000. The molecule has 0 aliphatic carbocycles. The summed E-state index contributed by atoms with van der Waals surface area (Å²) in [7, 11) is 1.56. The molecular formula is C21H21ClN2O4. The number of ether oxygens (including phenoxy) is 3. The molecule has 2 aromatic carbocycles. The van der Waals surface area contributed by atoms with Crippen molar-refractivity contribution in [3.8, 4) is 28.8 Å². The van der Waals surface area contributed by atoms with Crippen molar-refractivity contribution in [2.75, 3.05) is 13.7 Å². The molecule has 1 heterocycles. The Morgan fingerprint density at radius 1 is 1.11 bits per heavy atom. The molecule has 0 amide bonds. The van der Waals surface area contributed by atoms with Crippen molar-refractivity contribution in [3.63, 3.8) is 0 Å². The first-order chi connectivity index (χ1) is 13.5. The van der Waals surface area contributed by atoms with Crippen LogP contribution in [-0.4, -0.2) is 23.3 Å². The van der Waals surface area contributed by atoms with Crippen molar-refractivity contribution >= 4 is 11.6 Å². The van der Waals surface area contributed by atoms with Gasteiger partial charge in [-0.05, 0) is 42.3 Å². The first-order valence-electron chi connectivity index (χ1n) is 8.80. The largest absolute Gasteiger partial charge is 0.493 e. The van der Waals surface area contributed by atoms with E-state index in [0.717, 1.165) is 0 Å². The molecule has 28 heavy (non-hydrogen) atoms. The van der Waals surface area contributed by atoms with Crippen LogP contribution in [0.25, 0.3) is 5.69 Å². The topological polar surface area (TPSA) is 62.6 Å². The molecule has 6 nitrogen and oxygen atoms in total. The zero-order chi connectivity index (χ0) is 20.1. The maximum Gasteiger partial charge on any atom is 0.318 e. The number of nitrogens with zero attached hydrogens (tertiary/aromatic N) is 2. The maximum absolute atomic E-state index is 12.8. The fourth-order valence-corrected chi connectivity index (χ4v) is 2.59. The van der Waals surface area contributed by atoms with Crippen LogP contribution in [0.1, 0.15) is 13.8 Å². The van der Waals surface area contributed by atoms with Crippen molar-refractivity contribution in [3.05, 3.63) is 70.2 Å². The van der Waals surface area contributed by atoms with Gasteiger partial charge in [-0.2, -0.15) is 0 Å². The zero-order valence-corrected chi connectivity index (χ0v) is 16.6. The van der Waals surface area contributed by atoms with E-state index in [9.17, 15) is 4.79 Å². The predicted octanol–water partition coefficient (Wildman–Crippen LogP) is 4.72. The van der Waals surface area contributed by atoms with Crippen LogP contribution < -0.4 is 19.8 Å². The molecule has 0 spiro atoms. The Morgan fingerprint density at radius 2 is 1.86 bits per heavy atom. The van der Waals surface area contributed by atoms with E-state index in [-0.39, 0.29) is 5.88 Å². The Hall–Kier alpha value is -2.99. The van der Waals surface area contributed by atoms with Gasteiger partial charge in [0, 0.05) is 23.5 Å². The quantitative estimate of drug-likeness (QED) is 0.574. The van der Waals surface area contributed by atoms with E-state index < -0.39 is 5.56 Å². The molecule has 0 aliphatic heterocycles. The molecule has 0 N–H and O–H groups in total. The van der Waals surface area contributed by atoms with Crippen molar-refractivity contribution in [2.24, 2.45) is 5.92 Å². The fourth-order valence-electron chi connectivity index (χ4n) is 2.46. The van der Waals surface area contributed by atoms with Gasteiger partial charge in [-0.3, -0.25) is 9.36 Å². The summed E-state index contributed by atoms with van der Waals surface area (Å²) in [6.07, 6.45) is 3.07. The third kappa shape index (κ3) is 4.64. The lowest BCUT2D eigenvalue weighted by atomic mass is 10.2. The maximum atomic E-state index is 12.8. The zero-order valence-electron chi connectivity index (χ0n) is 15.9. The Kier molecular flexibility index (Phi) is 6.21. The van der Waals surface area contributed by atoms with Gasteiger partial charge in [-0.1, -0.05) is 25.4 Å². The fraction of sp³-hybridized carbons (Fsp3) is 0.238. The van der Waals surface area contributed by atoms with Gasteiger partial charge in [0.1, 0.15) is 5.75 Å². The molecule has 0 unspecified atom stereocenters. The predicted molar refractivity (Wildman–Crippen MR) is 108 cm³/mol. The molecule has 146 valence electrons. The van der Waals surface area contributed by atoms with Crippen LogP contribution in [0, 0.1) is 5.92 Å². The molecule has 0 saturated carbocycles. The van der Waals surface area contributed by atoms with Gasteiger partial charge in [0.05, 0.1) is 19.4 Å². The number of aromatic nitrogens is 2. The van der Waals surface area contributed by atoms with Crippen LogP contribution in [0.5, 0.6) is 23.1 Å². The van der Waals surface area contributed by atoms with E-state index in [1.165, 1.54) is 10.8 Å². The van der Waals surface area contributed by atoms with Gasteiger partial charge in [-0.25, -0.2) is 4.98 Å². The molecule has 0 radical (unpaired) electrons. The number of hydrogen-bond acceptors (Lipinski definition) is 5. The van der Waals surface area contributed by atoms with Crippen LogP contribution in [0.2, 0.25) is 5.02 Å². The molecule has 0 saturated heterocycles. The van der Waals surface area contributed by atoms with Gasteiger partial charge < -0.3 is 14.2 Å². The summed E-state index contributed by atoms with van der Waals surface area (Å²) in [5.74, 6) is 1.99. The molecule has 0 atom stereocenters. The Morgan fingerprint density at radius 3 is 2.54 bits per heavy atom. The third-order valence-electron chi connectivity index (χ3n) is 3.83. The van der Waals surface area contributed by atoms with Crippen molar-refractivity contribution < 1.29 is 14.2 Å². The van der Waals surface area contributed by atoms with Gasteiger partial charge in [-0.15, -0.1) is 0 Å². The number of benzene rings is 2. The van der Waals surface area contributed by atoms with E-state index in [1.807, 2.05) is 0 Å². The van der Waals surface area contributed by atoms with E-state index in [2.05, 4.69) is 18.8 Å². The standard InChI is InChI=1S/C21H21ClN2O4/c1-14(2)13-27-18-9-6-16(12-19(18)26-3)24-11-10-23-20(21(24)25)28-17-7-4-15(22)5-8-17/h4-12,14H,13H2,1-3H3. The highest BCUT2D eigenvalue weighted by Gasteiger charge is 2.12. The molecule has 7 heteroatoms. The monoisotopic (exact) mass is 400 g/mol. The third-order valence-corrected chi connectivity index (χ3v) is 4.09. The number of hydrogen-bond donors (Lipinski definition) is 0. The minimum absolute atomic E-state index is 0.0380. The van der Waals surface area contributed by atoms with Crippen molar-refractivity contribution in [1.29, 1.82) is 0 Å². The second-order valence-corrected chi connectivity index (χ2v) is 6.94. The van der Waals surface area contributed by atoms with E-state index >= 15 is 0 Å². The molecule has 3 aromatic rings. The smallest absolute Gasteiger partial charge is 0.318 e. The summed E-state index contributed by atoms with van der Waals surface area (Å²) >= 11 is 5.87. The molecule has 0 fully saturated rings. The van der Waals surface area contributed by atoms with Crippen LogP contribution in [0.3, 0.4) is 0 Å². The average molecular weight is 401 g/mol. The van der Waals surface area contributed by atoms with Crippen LogP contribution >= 0.6 is 11.6 Å². The first-order valence-corrected chi connectivity index (χ1v) is 9.18. The van der Waals surface area contributed by atoms with Crippen molar-refractivity contribution in [1.82, 2.24) is 9.55 Å². The molecular weight excluding hydrogens is 380 g/mol. The molecule has 3 rings (SSSR count). The average Bonchev–Trinajstić information content (AvgIpc) is 2.69. The highest BCUT2D eigenvalue weighted by Crippen LogP contribution is 2.29. The highest BCUT2D eigenvalue weighted by molar-refractivity contribution is 6.30. The van der Waals surface area contributed by atoms with Crippen LogP contribution in [0.4, 0.5) is 0 Å². The van der Waals surface area contributed by atoms with Crippen LogP contribution in [-0.2, 0) is 0 Å². The lowest BCUT2D eigenvalue weighted by Gasteiger charge is -2.14. The second kappa shape index (κ2) is 8.80. The molecule has 1 aromatic heterocycles. The van der Waals surface area contributed by atoms with Crippen molar-refractivity contribution in [2.45, 2.75) is 13.8 Å². The lowest BCUT2D eigenvalue weighted by Crippen LogP contribution is -2.20. The van der Waals surface area contributed by atoms with E-state index in [1.54, 1.807) is 55.8 Å². The highest BCUT2D eigenvalue weighted by atomic mass is 35.5. The van der Waals surface area contributed by atoms with Gasteiger partial charge in [0.25, 0.3) is 5.88 Å². The van der Waals surface area contributed by atoms with Crippen LogP contribution in [0.15, 0.2) is 59.7 Å². The minimum atomic E-state index is -0.393. The van der Waals surface area contributed by atoms with Gasteiger partial charge in [0.2, 0.25) is 0 Å². The summed E-state index contributed by atoms with van der Waals surface area (Å²) in [4.78, 5) is 16.9. The summed E-state index contributed by atoms with van der Waals surface area (Å²) in [6.45, 7) is 4.71. The SMILES string of the molecule is COc1cc(-n2ccnc(Oc3ccc(Cl)cc3)c2=O)ccc1OCC(C)C. The second-order valence-electron chi connectivity index (χ2n) is 6.50.